The lowest BCUT2D eigenvalue weighted by Gasteiger charge is -2.10. The van der Waals surface area contributed by atoms with Gasteiger partial charge in [-0.25, -0.2) is 4.98 Å². The molecule has 5 heteroatoms. The molecule has 0 spiro atoms. The molecule has 1 heterocycles. The molecule has 4 nitrogen and oxygen atoms in total. The maximum Gasteiger partial charge on any atom is 0.325 e. The molecule has 0 saturated carbocycles. The highest BCUT2D eigenvalue weighted by atomic mass is 35.5. The van der Waals surface area contributed by atoms with Gasteiger partial charge in [0.15, 0.2) is 0 Å². The number of carbonyl (C=O) groups is 1. The van der Waals surface area contributed by atoms with Gasteiger partial charge in [-0.3, -0.25) is 4.79 Å². The highest BCUT2D eigenvalue weighted by molar-refractivity contribution is 6.31. The van der Waals surface area contributed by atoms with Gasteiger partial charge in [0.1, 0.15) is 11.9 Å². The lowest BCUT2D eigenvalue weighted by Crippen LogP contribution is -2.25. The van der Waals surface area contributed by atoms with Crippen LogP contribution in [0, 0.1) is 0 Å². The molecule has 0 aliphatic carbocycles. The molecule has 1 aromatic heterocycles. The summed E-state index contributed by atoms with van der Waals surface area (Å²) in [6.07, 6.45) is 0. The van der Waals surface area contributed by atoms with Crippen LogP contribution in [0.15, 0.2) is 30.3 Å². The van der Waals surface area contributed by atoms with Crippen molar-refractivity contribution in [3.63, 3.8) is 0 Å². The number of fused-ring (bicyclic) bond motifs is 1. The molecular weight excluding hydrogens is 240 g/mol. The minimum Gasteiger partial charge on any atom is -0.480 e. The first-order valence-electron chi connectivity index (χ1n) is 5.12. The van der Waals surface area contributed by atoms with Gasteiger partial charge in [0.25, 0.3) is 0 Å². The molecule has 0 fully saturated rings. The minimum absolute atomic E-state index is 0.523. The highest BCUT2D eigenvalue weighted by Gasteiger charge is 2.10. The van der Waals surface area contributed by atoms with Crippen LogP contribution >= 0.6 is 11.6 Å². The fraction of sp³-hybridized carbons (Fsp3) is 0.167. The van der Waals surface area contributed by atoms with Gasteiger partial charge in [0, 0.05) is 10.4 Å². The van der Waals surface area contributed by atoms with Crippen molar-refractivity contribution >= 4 is 34.3 Å². The van der Waals surface area contributed by atoms with E-state index >= 15 is 0 Å². The van der Waals surface area contributed by atoms with Crippen LogP contribution < -0.4 is 5.32 Å². The Morgan fingerprint density at radius 3 is 2.82 bits per heavy atom. The Hall–Kier alpha value is -1.81. The Bertz CT molecular complexity index is 571. The van der Waals surface area contributed by atoms with Gasteiger partial charge in [-0.15, -0.1) is 0 Å². The number of nitrogens with one attached hydrogen (secondary N) is 1. The molecule has 0 bridgehead atoms. The molecule has 1 aromatic carbocycles. The van der Waals surface area contributed by atoms with Crippen molar-refractivity contribution in [1.29, 1.82) is 0 Å². The van der Waals surface area contributed by atoms with E-state index in [1.54, 1.807) is 25.1 Å². The second-order valence-electron chi connectivity index (χ2n) is 3.74. The number of pyridine rings is 1. The van der Waals surface area contributed by atoms with E-state index in [-0.39, 0.29) is 0 Å². The predicted octanol–water partition coefficient (Wildman–Crippen LogP) is 2.77. The largest absolute Gasteiger partial charge is 0.480 e. The van der Waals surface area contributed by atoms with E-state index in [2.05, 4.69) is 10.3 Å². The van der Waals surface area contributed by atoms with Crippen molar-refractivity contribution in [2.75, 3.05) is 5.32 Å². The van der Waals surface area contributed by atoms with Crippen LogP contribution in [0.3, 0.4) is 0 Å². The van der Waals surface area contributed by atoms with Crippen LogP contribution in [0.2, 0.25) is 5.02 Å². The molecule has 2 aromatic rings. The van der Waals surface area contributed by atoms with E-state index in [1.165, 1.54) is 0 Å². The summed E-state index contributed by atoms with van der Waals surface area (Å²) < 4.78 is 0. The van der Waals surface area contributed by atoms with Crippen LogP contribution in [0.5, 0.6) is 0 Å². The molecule has 2 N–H and O–H groups in total. The Morgan fingerprint density at radius 2 is 2.12 bits per heavy atom. The zero-order valence-corrected chi connectivity index (χ0v) is 9.90. The first kappa shape index (κ1) is 11.7. The topological polar surface area (TPSA) is 62.2 Å². The van der Waals surface area contributed by atoms with Crippen molar-refractivity contribution in [2.45, 2.75) is 13.0 Å². The first-order chi connectivity index (χ1) is 8.06. The lowest BCUT2D eigenvalue weighted by atomic mass is 10.2. The summed E-state index contributed by atoms with van der Waals surface area (Å²) in [6.45, 7) is 1.56. The maximum atomic E-state index is 10.7. The third-order valence-electron chi connectivity index (χ3n) is 2.39. The number of nitrogens with zero attached hydrogens (tertiary/aromatic N) is 1. The molecule has 1 atom stereocenters. The third kappa shape index (κ3) is 2.65. The number of rotatable bonds is 3. The van der Waals surface area contributed by atoms with Gasteiger partial charge < -0.3 is 10.4 Å². The molecule has 88 valence electrons. The number of anilines is 1. The number of hydrogen-bond acceptors (Lipinski definition) is 3. The maximum absolute atomic E-state index is 10.7. The normalized spacial score (nSPS) is 12.4. The van der Waals surface area contributed by atoms with Crippen molar-refractivity contribution in [3.05, 3.63) is 35.4 Å². The number of hydrogen-bond donors (Lipinski definition) is 2. The van der Waals surface area contributed by atoms with E-state index in [0.29, 0.717) is 10.8 Å². The summed E-state index contributed by atoms with van der Waals surface area (Å²) in [4.78, 5) is 15.0. The Morgan fingerprint density at radius 1 is 1.41 bits per heavy atom. The summed E-state index contributed by atoms with van der Waals surface area (Å²) >= 11 is 5.87. The summed E-state index contributed by atoms with van der Waals surface area (Å²) in [6, 6.07) is 8.34. The van der Waals surface area contributed by atoms with Crippen molar-refractivity contribution in [1.82, 2.24) is 4.98 Å². The van der Waals surface area contributed by atoms with Gasteiger partial charge in [-0.05, 0) is 31.2 Å². The predicted molar refractivity (Wildman–Crippen MR) is 67.5 cm³/mol. The van der Waals surface area contributed by atoms with Crippen LogP contribution in [0.25, 0.3) is 10.9 Å². The number of benzene rings is 1. The SMILES string of the molecule is C[C@H](Nc1ccc2ccc(Cl)cc2n1)C(=O)O. The molecule has 0 amide bonds. The summed E-state index contributed by atoms with van der Waals surface area (Å²) in [7, 11) is 0. The fourth-order valence-electron chi connectivity index (χ4n) is 1.45. The van der Waals surface area contributed by atoms with Gasteiger partial charge in [0.05, 0.1) is 5.52 Å². The number of carboxylic acid groups (broad SMARTS) is 1. The average Bonchev–Trinajstić information content (AvgIpc) is 2.28. The van der Waals surface area contributed by atoms with Crippen LogP contribution in [-0.4, -0.2) is 22.1 Å². The number of carboxylic acids is 1. The molecule has 0 saturated heterocycles. The number of halogens is 1. The van der Waals surface area contributed by atoms with E-state index in [0.717, 1.165) is 10.9 Å². The van der Waals surface area contributed by atoms with Crippen molar-refractivity contribution in [2.24, 2.45) is 0 Å². The minimum atomic E-state index is -0.919. The smallest absolute Gasteiger partial charge is 0.325 e. The third-order valence-corrected chi connectivity index (χ3v) is 2.62. The van der Waals surface area contributed by atoms with Gasteiger partial charge in [-0.1, -0.05) is 17.7 Å². The average molecular weight is 251 g/mol. The number of aromatic nitrogens is 1. The molecular formula is C12H11ClN2O2. The standard InChI is InChI=1S/C12H11ClN2O2/c1-7(12(16)17)14-11-5-3-8-2-4-9(13)6-10(8)15-11/h2-7H,1H3,(H,14,15)(H,16,17)/t7-/m0/s1. The lowest BCUT2D eigenvalue weighted by molar-refractivity contribution is -0.137. The zero-order valence-electron chi connectivity index (χ0n) is 9.14. The molecule has 17 heavy (non-hydrogen) atoms. The zero-order chi connectivity index (χ0) is 12.4. The monoisotopic (exact) mass is 250 g/mol. The van der Waals surface area contributed by atoms with Crippen LogP contribution in [0.1, 0.15) is 6.92 Å². The van der Waals surface area contributed by atoms with Crippen molar-refractivity contribution in [3.8, 4) is 0 Å². The van der Waals surface area contributed by atoms with E-state index in [1.807, 2.05) is 12.1 Å². The molecule has 0 aliphatic rings. The van der Waals surface area contributed by atoms with E-state index in [4.69, 9.17) is 16.7 Å². The first-order valence-corrected chi connectivity index (χ1v) is 5.50. The Kier molecular flexibility index (Phi) is 3.15. The second kappa shape index (κ2) is 4.59. The molecule has 2 rings (SSSR count). The molecule has 0 radical (unpaired) electrons. The highest BCUT2D eigenvalue weighted by Crippen LogP contribution is 2.19. The summed E-state index contributed by atoms with van der Waals surface area (Å²) in [5.74, 6) is -0.396. The van der Waals surface area contributed by atoms with Gasteiger partial charge >= 0.3 is 5.97 Å². The fourth-order valence-corrected chi connectivity index (χ4v) is 1.62. The van der Waals surface area contributed by atoms with E-state index in [9.17, 15) is 4.79 Å². The second-order valence-corrected chi connectivity index (χ2v) is 4.17. The number of aliphatic carboxylic acids is 1. The van der Waals surface area contributed by atoms with Crippen LogP contribution in [0.4, 0.5) is 5.82 Å². The Labute approximate surface area is 103 Å². The van der Waals surface area contributed by atoms with Crippen LogP contribution in [-0.2, 0) is 4.79 Å². The summed E-state index contributed by atoms with van der Waals surface area (Å²) in [5, 5.41) is 13.2. The van der Waals surface area contributed by atoms with Gasteiger partial charge in [-0.2, -0.15) is 0 Å². The Balaban J connectivity index is 2.33. The van der Waals surface area contributed by atoms with Crippen molar-refractivity contribution < 1.29 is 9.90 Å². The molecule has 0 unspecified atom stereocenters. The quantitative estimate of drug-likeness (QED) is 0.879. The molecule has 0 aliphatic heterocycles. The summed E-state index contributed by atoms with van der Waals surface area (Å²) in [5.41, 5.74) is 0.736. The van der Waals surface area contributed by atoms with E-state index < -0.39 is 12.0 Å². The van der Waals surface area contributed by atoms with Gasteiger partial charge in [0.2, 0.25) is 0 Å².